The molecule has 152 valence electrons. The summed E-state index contributed by atoms with van der Waals surface area (Å²) in [6, 6.07) is 2.86. The van der Waals surface area contributed by atoms with Crippen molar-refractivity contribution in [3.05, 3.63) is 40.0 Å². The maximum Gasteiger partial charge on any atom is 0.341 e. The molecular weight excluding hydrogens is 400 g/mol. The van der Waals surface area contributed by atoms with Crippen molar-refractivity contribution < 1.29 is 26.6 Å². The fourth-order valence-corrected chi connectivity index (χ4v) is 3.69. The Morgan fingerprint density at radius 1 is 1.29 bits per heavy atom. The molecule has 1 aliphatic rings. The van der Waals surface area contributed by atoms with E-state index in [0.717, 1.165) is 6.07 Å². The average molecular weight is 417 g/mol. The molecule has 0 N–H and O–H groups in total. The number of rotatable bonds is 6. The van der Waals surface area contributed by atoms with Gasteiger partial charge in [0.15, 0.2) is 5.82 Å². The molecule has 0 saturated carbocycles. The largest absolute Gasteiger partial charge is 0.363 e. The van der Waals surface area contributed by atoms with Crippen LogP contribution in [0.3, 0.4) is 0 Å². The Bertz CT molecular complexity index is 973. The van der Waals surface area contributed by atoms with Gasteiger partial charge in [0.1, 0.15) is 5.69 Å². The number of nitrogens with zero attached hydrogens (tertiary/aromatic N) is 5. The van der Waals surface area contributed by atoms with E-state index in [1.807, 2.05) is 4.90 Å². The van der Waals surface area contributed by atoms with Gasteiger partial charge < -0.3 is 9.42 Å². The molecule has 10 nitrogen and oxygen atoms in total. The molecule has 3 rings (SSSR count). The Morgan fingerprint density at radius 3 is 2.50 bits per heavy atom. The second-order valence-electron chi connectivity index (χ2n) is 6.21. The van der Waals surface area contributed by atoms with Crippen LogP contribution in [0.25, 0.3) is 0 Å². The van der Waals surface area contributed by atoms with E-state index in [2.05, 4.69) is 10.1 Å². The third-order valence-corrected chi connectivity index (χ3v) is 5.73. The van der Waals surface area contributed by atoms with E-state index in [1.54, 1.807) is 11.8 Å². The van der Waals surface area contributed by atoms with Crippen LogP contribution in [-0.2, 0) is 16.4 Å². The summed E-state index contributed by atoms with van der Waals surface area (Å²) in [5.41, 5.74) is -0.336. The van der Waals surface area contributed by atoms with Crippen molar-refractivity contribution in [1.29, 1.82) is 0 Å². The zero-order valence-electron chi connectivity index (χ0n) is 14.8. The first-order valence-electron chi connectivity index (χ1n) is 8.25. The lowest BCUT2D eigenvalue weighted by Gasteiger charge is -2.35. The zero-order chi connectivity index (χ0) is 20.5. The molecule has 1 fully saturated rings. The molecule has 2 heterocycles. The molecule has 0 unspecified atom stereocenters. The van der Waals surface area contributed by atoms with Gasteiger partial charge >= 0.3 is 5.76 Å². The average Bonchev–Trinajstić information content (AvgIpc) is 3.06. The van der Waals surface area contributed by atoms with Crippen LogP contribution in [0.1, 0.15) is 11.7 Å². The summed E-state index contributed by atoms with van der Waals surface area (Å²) in [4.78, 5) is 17.7. The van der Waals surface area contributed by atoms with Gasteiger partial charge in [-0.3, -0.25) is 15.0 Å². The molecule has 1 aromatic carbocycles. The van der Waals surface area contributed by atoms with Gasteiger partial charge in [0.2, 0.25) is 15.7 Å². The molecule has 1 saturated heterocycles. The number of hydrogen-bond donors (Lipinski definition) is 0. The van der Waals surface area contributed by atoms with Crippen LogP contribution in [0.2, 0.25) is 0 Å². The van der Waals surface area contributed by atoms with Crippen LogP contribution < -0.4 is 4.90 Å². The smallest absolute Gasteiger partial charge is 0.341 e. The Balaban J connectivity index is 1.76. The van der Waals surface area contributed by atoms with Gasteiger partial charge in [-0.05, 0) is 12.1 Å². The van der Waals surface area contributed by atoms with Crippen molar-refractivity contribution in [2.75, 3.05) is 31.1 Å². The van der Waals surface area contributed by atoms with Crippen molar-refractivity contribution in [2.24, 2.45) is 0 Å². The first-order valence-corrected chi connectivity index (χ1v) is 9.80. The van der Waals surface area contributed by atoms with Crippen LogP contribution in [0.5, 0.6) is 0 Å². The van der Waals surface area contributed by atoms with Crippen LogP contribution in [-0.4, -0.2) is 60.3 Å². The number of nitro groups is 1. The molecular formula is C15H17F2N5O5S. The minimum absolute atomic E-state index is 0.188. The van der Waals surface area contributed by atoms with Gasteiger partial charge in [0, 0.05) is 39.2 Å². The summed E-state index contributed by atoms with van der Waals surface area (Å²) in [5, 5.41) is 15.2. The van der Waals surface area contributed by atoms with Crippen LogP contribution in [0, 0.1) is 17.0 Å². The van der Waals surface area contributed by atoms with Gasteiger partial charge in [0.05, 0.1) is 16.4 Å². The van der Waals surface area contributed by atoms with Crippen LogP contribution in [0.4, 0.5) is 20.2 Å². The van der Waals surface area contributed by atoms with Crippen LogP contribution in [0.15, 0.2) is 27.6 Å². The summed E-state index contributed by atoms with van der Waals surface area (Å²) >= 11 is 0. The molecule has 1 aliphatic heterocycles. The summed E-state index contributed by atoms with van der Waals surface area (Å²) in [6.07, 6.45) is 0. The number of halogens is 2. The lowest BCUT2D eigenvalue weighted by Crippen LogP contribution is -2.46. The number of alkyl halides is 2. The highest BCUT2D eigenvalue weighted by Gasteiger charge is 2.31. The molecule has 0 atom stereocenters. The summed E-state index contributed by atoms with van der Waals surface area (Å²) < 4.78 is 53.6. The fourth-order valence-electron chi connectivity index (χ4n) is 2.95. The van der Waals surface area contributed by atoms with Gasteiger partial charge in [-0.2, -0.15) is 13.8 Å². The monoisotopic (exact) mass is 417 g/mol. The van der Waals surface area contributed by atoms with Crippen molar-refractivity contribution in [1.82, 2.24) is 15.0 Å². The standard InChI is InChI=1S/C15H17F2N5O5S/c1-10-18-14(19-27-10)9-20-4-6-21(7-5-20)12-3-2-11(8-13(12)22(23)24)28(25,26)15(16)17/h2-3,8,15H,4-7,9H2,1H3. The Labute approximate surface area is 158 Å². The molecule has 0 aliphatic carbocycles. The highest BCUT2D eigenvalue weighted by Crippen LogP contribution is 2.33. The number of benzene rings is 1. The molecule has 2 aromatic rings. The molecule has 0 spiro atoms. The van der Waals surface area contributed by atoms with Crippen molar-refractivity contribution in [3.8, 4) is 0 Å². The molecule has 0 radical (unpaired) electrons. The second kappa shape index (κ2) is 7.75. The molecule has 0 amide bonds. The maximum atomic E-state index is 12.7. The van der Waals surface area contributed by atoms with Gasteiger partial charge in [-0.15, -0.1) is 0 Å². The number of sulfone groups is 1. The van der Waals surface area contributed by atoms with E-state index in [4.69, 9.17) is 4.52 Å². The Kier molecular flexibility index (Phi) is 5.56. The van der Waals surface area contributed by atoms with E-state index in [0.29, 0.717) is 50.5 Å². The van der Waals surface area contributed by atoms with E-state index in [1.165, 1.54) is 6.07 Å². The molecule has 28 heavy (non-hydrogen) atoms. The summed E-state index contributed by atoms with van der Waals surface area (Å²) in [6.45, 7) is 4.13. The second-order valence-corrected chi connectivity index (χ2v) is 8.12. The van der Waals surface area contributed by atoms with Crippen LogP contribution >= 0.6 is 0 Å². The highest BCUT2D eigenvalue weighted by molar-refractivity contribution is 7.91. The number of anilines is 1. The predicted octanol–water partition coefficient (Wildman–Crippen LogP) is 1.60. The Hall–Kier alpha value is -2.67. The molecule has 1 aromatic heterocycles. The fraction of sp³-hybridized carbons (Fsp3) is 0.467. The lowest BCUT2D eigenvalue weighted by molar-refractivity contribution is -0.384. The third-order valence-electron chi connectivity index (χ3n) is 4.35. The van der Waals surface area contributed by atoms with E-state index in [9.17, 15) is 27.3 Å². The van der Waals surface area contributed by atoms with E-state index >= 15 is 0 Å². The topological polar surface area (TPSA) is 123 Å². The number of nitro benzene ring substituents is 1. The minimum Gasteiger partial charge on any atom is -0.363 e. The quantitative estimate of drug-likeness (QED) is 0.509. The Morgan fingerprint density at radius 2 is 1.96 bits per heavy atom. The number of aromatic nitrogens is 2. The first-order chi connectivity index (χ1) is 13.2. The zero-order valence-corrected chi connectivity index (χ0v) is 15.6. The SMILES string of the molecule is Cc1nc(CN2CCN(c3ccc(S(=O)(=O)C(F)F)cc3[N+](=O)[O-])CC2)no1. The predicted molar refractivity (Wildman–Crippen MR) is 92.8 cm³/mol. The molecule has 13 heteroatoms. The molecule has 0 bridgehead atoms. The third kappa shape index (κ3) is 4.09. The van der Waals surface area contributed by atoms with Crippen molar-refractivity contribution in [3.63, 3.8) is 0 Å². The number of aryl methyl sites for hydroxylation is 1. The van der Waals surface area contributed by atoms with Gasteiger partial charge in [-0.25, -0.2) is 8.42 Å². The maximum absolute atomic E-state index is 12.7. The van der Waals surface area contributed by atoms with Crippen molar-refractivity contribution >= 4 is 21.2 Å². The number of piperazine rings is 1. The summed E-state index contributed by atoms with van der Waals surface area (Å²) in [7, 11) is -4.91. The minimum atomic E-state index is -4.91. The normalized spacial score (nSPS) is 15.9. The highest BCUT2D eigenvalue weighted by atomic mass is 32.2. The van der Waals surface area contributed by atoms with E-state index < -0.39 is 31.1 Å². The first kappa shape index (κ1) is 20.1. The van der Waals surface area contributed by atoms with E-state index in [-0.39, 0.29) is 5.69 Å². The lowest BCUT2D eigenvalue weighted by atomic mass is 10.2. The van der Waals surface area contributed by atoms with Crippen molar-refractivity contribution in [2.45, 2.75) is 24.1 Å². The summed E-state index contributed by atoms with van der Waals surface area (Å²) in [5.74, 6) is -2.64. The van der Waals surface area contributed by atoms with Gasteiger partial charge in [0.25, 0.3) is 5.69 Å². The number of hydrogen-bond acceptors (Lipinski definition) is 9. The van der Waals surface area contributed by atoms with Gasteiger partial charge in [-0.1, -0.05) is 5.16 Å².